The molecule has 0 aliphatic rings. The second kappa shape index (κ2) is 9.75. The van der Waals surface area contributed by atoms with Crippen molar-refractivity contribution in [2.45, 2.75) is 19.2 Å². The summed E-state index contributed by atoms with van der Waals surface area (Å²) in [5.41, 5.74) is 3.35. The summed E-state index contributed by atoms with van der Waals surface area (Å²) < 4.78 is 9.10. The van der Waals surface area contributed by atoms with Crippen LogP contribution in [0.1, 0.15) is 28.5 Å². The Morgan fingerprint density at radius 1 is 1.20 bits per heavy atom. The van der Waals surface area contributed by atoms with E-state index in [1.165, 1.54) is 6.92 Å². The number of aromatic nitrogens is 1. The predicted molar refractivity (Wildman–Crippen MR) is 110 cm³/mol. The number of carbonyl (C=O) groups is 1. The van der Waals surface area contributed by atoms with Gasteiger partial charge in [-0.25, -0.2) is 0 Å². The number of halogens is 1. The third kappa shape index (κ3) is 5.29. The maximum atomic E-state index is 12.8. The Labute approximate surface area is 185 Å². The van der Waals surface area contributed by atoms with Crippen molar-refractivity contribution < 1.29 is 41.3 Å². The number of nitrogens with zero attached hydrogens (tertiary/aromatic N) is 1. The molecule has 0 aliphatic carbocycles. The second-order valence-corrected chi connectivity index (χ2v) is 9.21. The first-order valence-corrected chi connectivity index (χ1v) is 11.9. The van der Waals surface area contributed by atoms with Gasteiger partial charge in [-0.05, 0) is 0 Å². The van der Waals surface area contributed by atoms with Crippen LogP contribution < -0.4 is 35.2 Å². The summed E-state index contributed by atoms with van der Waals surface area (Å²) in [6, 6.07) is 14.6. The standard InChI is InChI=1S/C21H26IN4O4/c1-21(28,25-29)14-8-10-15(11-9-14)30-13-22-24-20(27)19-17(12-26(2)3)16-6-4-5-7-18(16)23-19/h4-11,23,25,28-29H,12-13H2,1-3H3,(H,24,27)/q-1/t21-/m0/s1. The van der Waals surface area contributed by atoms with Crippen LogP contribution in [0, 0.1) is 0 Å². The molecule has 162 valence electrons. The van der Waals surface area contributed by atoms with Gasteiger partial charge in [-0.15, -0.1) is 0 Å². The number of hydroxylamine groups is 1. The monoisotopic (exact) mass is 525 g/mol. The zero-order valence-electron chi connectivity index (χ0n) is 17.1. The van der Waals surface area contributed by atoms with Crippen LogP contribution in [-0.2, 0) is 12.3 Å². The number of alkyl halides is 1. The van der Waals surface area contributed by atoms with Gasteiger partial charge in [0, 0.05) is 0 Å². The first kappa shape index (κ1) is 22.5. The molecule has 0 fully saturated rings. The van der Waals surface area contributed by atoms with Crippen LogP contribution >= 0.6 is 0 Å². The molecule has 0 saturated heterocycles. The molecule has 0 aliphatic heterocycles. The Balaban J connectivity index is 1.59. The molecule has 0 saturated carbocycles. The number of aromatic amines is 1. The number of ether oxygens (including phenoxy) is 1. The Morgan fingerprint density at radius 3 is 2.57 bits per heavy atom. The third-order valence-electron chi connectivity index (χ3n) is 4.58. The van der Waals surface area contributed by atoms with Gasteiger partial charge in [-0.1, -0.05) is 0 Å². The summed E-state index contributed by atoms with van der Waals surface area (Å²) in [7, 11) is 3.96. The fourth-order valence-electron chi connectivity index (χ4n) is 3.04. The fourth-order valence-corrected chi connectivity index (χ4v) is 4.33. The Bertz CT molecular complexity index is 1000. The zero-order chi connectivity index (χ0) is 21.7. The van der Waals surface area contributed by atoms with Gasteiger partial charge in [0.05, 0.1) is 0 Å². The number of H-pyrrole nitrogens is 1. The molecule has 9 heteroatoms. The van der Waals surface area contributed by atoms with Gasteiger partial charge in [-0.3, -0.25) is 0 Å². The molecule has 8 nitrogen and oxygen atoms in total. The normalized spacial score (nSPS) is 13.5. The van der Waals surface area contributed by atoms with E-state index in [-0.39, 0.29) is 5.91 Å². The Kier molecular flexibility index (Phi) is 7.32. The van der Waals surface area contributed by atoms with Crippen molar-refractivity contribution in [2.75, 3.05) is 18.7 Å². The van der Waals surface area contributed by atoms with Crippen LogP contribution in [-0.4, -0.2) is 44.8 Å². The van der Waals surface area contributed by atoms with Crippen LogP contribution in [0.15, 0.2) is 48.5 Å². The molecule has 1 atom stereocenters. The number of aliphatic hydroxyl groups is 1. The number of carbonyl (C=O) groups excluding carboxylic acids is 1. The molecule has 0 radical (unpaired) electrons. The van der Waals surface area contributed by atoms with E-state index in [4.69, 9.17) is 9.94 Å². The number of para-hydroxylation sites is 1. The van der Waals surface area contributed by atoms with E-state index < -0.39 is 27.2 Å². The summed E-state index contributed by atoms with van der Waals surface area (Å²) in [4.78, 5) is 18.1. The number of hydrogen-bond donors (Lipinski definition) is 5. The van der Waals surface area contributed by atoms with E-state index >= 15 is 0 Å². The van der Waals surface area contributed by atoms with Gasteiger partial charge in [0.25, 0.3) is 0 Å². The van der Waals surface area contributed by atoms with Gasteiger partial charge in [0.15, 0.2) is 0 Å². The Morgan fingerprint density at radius 2 is 1.90 bits per heavy atom. The molecule has 2 aromatic carbocycles. The number of rotatable bonds is 9. The van der Waals surface area contributed by atoms with Gasteiger partial charge in [-0.2, -0.15) is 0 Å². The number of benzene rings is 2. The molecule has 5 N–H and O–H groups in total. The molecule has 1 aromatic heterocycles. The summed E-state index contributed by atoms with van der Waals surface area (Å²) in [6.07, 6.45) is 0. The summed E-state index contributed by atoms with van der Waals surface area (Å²) in [6.45, 7) is 2.11. The van der Waals surface area contributed by atoms with Gasteiger partial charge in [0.2, 0.25) is 0 Å². The minimum absolute atomic E-state index is 0.125. The van der Waals surface area contributed by atoms with Crippen molar-refractivity contribution in [3.63, 3.8) is 0 Å². The van der Waals surface area contributed by atoms with Crippen molar-refractivity contribution in [3.8, 4) is 5.75 Å². The summed E-state index contributed by atoms with van der Waals surface area (Å²) in [5.74, 6) is 0.500. The van der Waals surface area contributed by atoms with E-state index in [0.717, 1.165) is 16.5 Å². The topological polar surface area (TPSA) is 110 Å². The van der Waals surface area contributed by atoms with E-state index in [1.54, 1.807) is 24.3 Å². The summed E-state index contributed by atoms with van der Waals surface area (Å²) in [5, 5.41) is 20.0. The van der Waals surface area contributed by atoms with Crippen molar-refractivity contribution in [3.05, 3.63) is 65.4 Å². The van der Waals surface area contributed by atoms with Crippen LogP contribution in [0.2, 0.25) is 0 Å². The molecule has 3 rings (SSSR count). The average Bonchev–Trinajstić information content (AvgIpc) is 3.09. The van der Waals surface area contributed by atoms with Crippen LogP contribution in [0.4, 0.5) is 0 Å². The number of hydrogen-bond acceptors (Lipinski definition) is 6. The van der Waals surface area contributed by atoms with Crippen molar-refractivity contribution in [2.24, 2.45) is 0 Å². The first-order valence-electron chi connectivity index (χ1n) is 9.31. The van der Waals surface area contributed by atoms with Crippen molar-refractivity contribution in [1.29, 1.82) is 0 Å². The van der Waals surface area contributed by atoms with E-state index in [0.29, 0.717) is 28.2 Å². The molecular formula is C21H26IN4O4-. The fraction of sp³-hybridized carbons (Fsp3) is 0.286. The molecule has 30 heavy (non-hydrogen) atoms. The molecule has 0 unspecified atom stereocenters. The van der Waals surface area contributed by atoms with E-state index in [1.807, 2.05) is 48.7 Å². The van der Waals surface area contributed by atoms with Crippen molar-refractivity contribution >= 4 is 16.8 Å². The third-order valence-corrected chi connectivity index (χ3v) is 6.07. The first-order chi connectivity index (χ1) is 14.3. The molecule has 1 amide bonds. The van der Waals surface area contributed by atoms with Gasteiger partial charge < -0.3 is 0 Å². The van der Waals surface area contributed by atoms with Crippen molar-refractivity contribution in [1.82, 2.24) is 18.9 Å². The van der Waals surface area contributed by atoms with Crippen LogP contribution in [0.5, 0.6) is 5.75 Å². The number of fused-ring (bicyclic) bond motifs is 1. The van der Waals surface area contributed by atoms with E-state index in [9.17, 15) is 9.90 Å². The quantitative estimate of drug-likeness (QED) is 0.0622. The number of amides is 1. The molecule has 0 bridgehead atoms. The van der Waals surface area contributed by atoms with Gasteiger partial charge in [0.1, 0.15) is 0 Å². The van der Waals surface area contributed by atoms with Crippen LogP contribution in [0.3, 0.4) is 0 Å². The molecule has 3 aromatic rings. The Hall–Kier alpha value is -2.18. The number of nitrogens with one attached hydrogen (secondary N) is 3. The van der Waals surface area contributed by atoms with Crippen LogP contribution in [0.25, 0.3) is 10.9 Å². The predicted octanol–water partition coefficient (Wildman–Crippen LogP) is -0.856. The SMILES string of the molecule is CN(C)Cc1c(C(=O)N[I-]COc2ccc([C@](C)(O)NO)cc2)[nH]c2ccccc12. The second-order valence-electron chi connectivity index (χ2n) is 7.28. The zero-order valence-corrected chi connectivity index (χ0v) is 19.2. The molecule has 0 spiro atoms. The van der Waals surface area contributed by atoms with Gasteiger partial charge >= 0.3 is 186 Å². The molecular weight excluding hydrogens is 499 g/mol. The molecule has 1 heterocycles. The minimum atomic E-state index is -1.52. The van der Waals surface area contributed by atoms with E-state index in [2.05, 4.69) is 8.51 Å². The maximum absolute atomic E-state index is 12.8. The summed E-state index contributed by atoms with van der Waals surface area (Å²) >= 11 is -0.722. The average molecular weight is 525 g/mol.